The fourth-order valence-electron chi connectivity index (χ4n) is 1.99. The first-order valence-corrected chi connectivity index (χ1v) is 7.14. The van der Waals surface area contributed by atoms with Crippen LogP contribution in [0.3, 0.4) is 0 Å². The molecule has 1 aromatic rings. The van der Waals surface area contributed by atoms with Crippen molar-refractivity contribution in [2.45, 2.75) is 45.6 Å². The van der Waals surface area contributed by atoms with Crippen LogP contribution in [0.2, 0.25) is 0 Å². The number of hydrogen-bond donors (Lipinski definition) is 2. The minimum Gasteiger partial charge on any atom is -0.355 e. The summed E-state index contributed by atoms with van der Waals surface area (Å²) in [7, 11) is 0. The first-order chi connectivity index (χ1) is 9.06. The molecule has 0 radical (unpaired) electrons. The third-order valence-corrected chi connectivity index (χ3v) is 3.80. The van der Waals surface area contributed by atoms with Gasteiger partial charge in [-0.1, -0.05) is 57.5 Å². The summed E-state index contributed by atoms with van der Waals surface area (Å²) in [6.07, 6.45) is 1.86. The van der Waals surface area contributed by atoms with Crippen molar-refractivity contribution >= 4 is 5.91 Å². The first kappa shape index (κ1) is 15.7. The van der Waals surface area contributed by atoms with Crippen LogP contribution in [0.4, 0.5) is 0 Å². The fraction of sp³-hybridized carbons (Fsp3) is 0.562. The van der Waals surface area contributed by atoms with Crippen LogP contribution in [0.1, 0.15) is 45.1 Å². The zero-order chi connectivity index (χ0) is 14.3. The molecule has 3 atom stereocenters. The Labute approximate surface area is 116 Å². The van der Waals surface area contributed by atoms with Gasteiger partial charge in [0.25, 0.3) is 0 Å². The van der Waals surface area contributed by atoms with Gasteiger partial charge in [-0.2, -0.15) is 0 Å². The minimum absolute atomic E-state index is 0.0328. The average molecular weight is 262 g/mol. The molecule has 0 aromatic heterocycles. The van der Waals surface area contributed by atoms with Gasteiger partial charge in [0.2, 0.25) is 5.91 Å². The summed E-state index contributed by atoms with van der Waals surface area (Å²) in [5, 5.41) is 2.93. The molecule has 3 heteroatoms. The molecule has 0 heterocycles. The summed E-state index contributed by atoms with van der Waals surface area (Å²) < 4.78 is 0. The van der Waals surface area contributed by atoms with Crippen molar-refractivity contribution in [3.63, 3.8) is 0 Å². The molecule has 0 aliphatic carbocycles. The van der Waals surface area contributed by atoms with E-state index >= 15 is 0 Å². The minimum atomic E-state index is -0.392. The highest BCUT2D eigenvalue weighted by Crippen LogP contribution is 2.17. The molecular weight excluding hydrogens is 236 g/mol. The maximum absolute atomic E-state index is 11.8. The molecule has 106 valence electrons. The van der Waals surface area contributed by atoms with Crippen LogP contribution in [-0.4, -0.2) is 18.5 Å². The molecule has 1 rings (SSSR count). The summed E-state index contributed by atoms with van der Waals surface area (Å²) in [5.41, 5.74) is 7.20. The lowest BCUT2D eigenvalue weighted by Crippen LogP contribution is -2.45. The third-order valence-electron chi connectivity index (χ3n) is 3.80. The van der Waals surface area contributed by atoms with Crippen molar-refractivity contribution in [1.82, 2.24) is 5.32 Å². The molecule has 0 aliphatic rings. The van der Waals surface area contributed by atoms with Crippen LogP contribution in [0.5, 0.6) is 0 Å². The van der Waals surface area contributed by atoms with Crippen LogP contribution in [0.25, 0.3) is 0 Å². The highest BCUT2D eigenvalue weighted by molar-refractivity contribution is 5.81. The zero-order valence-electron chi connectivity index (χ0n) is 12.2. The molecule has 19 heavy (non-hydrogen) atoms. The molecule has 3 unspecified atom stereocenters. The lowest BCUT2D eigenvalue weighted by Gasteiger charge is -2.18. The molecular formula is C16H26N2O. The number of rotatable bonds is 7. The molecule has 0 bridgehead atoms. The van der Waals surface area contributed by atoms with Gasteiger partial charge in [-0.25, -0.2) is 0 Å². The average Bonchev–Trinajstić information content (AvgIpc) is 2.46. The predicted octanol–water partition coefficient (Wildman–Crippen LogP) is 2.67. The second kappa shape index (κ2) is 7.95. The van der Waals surface area contributed by atoms with Gasteiger partial charge < -0.3 is 11.1 Å². The van der Waals surface area contributed by atoms with Crippen molar-refractivity contribution in [2.24, 2.45) is 11.7 Å². The molecule has 0 saturated carbocycles. The van der Waals surface area contributed by atoms with E-state index in [1.54, 1.807) is 0 Å². The van der Waals surface area contributed by atoms with E-state index < -0.39 is 6.04 Å². The lowest BCUT2D eigenvalue weighted by molar-refractivity contribution is -0.123. The van der Waals surface area contributed by atoms with E-state index in [-0.39, 0.29) is 11.8 Å². The number of carbonyl (C=O) groups is 1. The van der Waals surface area contributed by atoms with Crippen LogP contribution < -0.4 is 11.1 Å². The molecule has 0 saturated heterocycles. The topological polar surface area (TPSA) is 55.1 Å². The number of hydrogen-bond acceptors (Lipinski definition) is 2. The van der Waals surface area contributed by atoms with Gasteiger partial charge >= 0.3 is 0 Å². The highest BCUT2D eigenvalue weighted by Gasteiger charge is 2.18. The van der Waals surface area contributed by atoms with Crippen molar-refractivity contribution in [2.75, 3.05) is 6.54 Å². The number of amides is 1. The molecule has 3 nitrogen and oxygen atoms in total. The fourth-order valence-corrected chi connectivity index (χ4v) is 1.99. The van der Waals surface area contributed by atoms with Crippen LogP contribution in [0, 0.1) is 5.92 Å². The van der Waals surface area contributed by atoms with E-state index in [9.17, 15) is 4.79 Å². The summed E-state index contributed by atoms with van der Waals surface area (Å²) in [6.45, 7) is 6.92. The standard InChI is InChI=1S/C16H26N2O/c1-4-12(2)15(17)16(19)18-11-10-13(3)14-8-6-5-7-9-14/h5-9,12-13,15H,4,10-11,17H2,1-3H3,(H,18,19). The summed E-state index contributed by atoms with van der Waals surface area (Å²) in [5.74, 6) is 0.641. The van der Waals surface area contributed by atoms with Gasteiger partial charge in [0.1, 0.15) is 0 Å². The molecule has 1 aromatic carbocycles. The smallest absolute Gasteiger partial charge is 0.237 e. The summed E-state index contributed by atoms with van der Waals surface area (Å²) in [4.78, 5) is 11.8. The Morgan fingerprint density at radius 3 is 2.47 bits per heavy atom. The Hall–Kier alpha value is -1.35. The maximum Gasteiger partial charge on any atom is 0.237 e. The number of nitrogens with one attached hydrogen (secondary N) is 1. The SMILES string of the molecule is CCC(C)C(N)C(=O)NCCC(C)c1ccccc1. The van der Waals surface area contributed by atoms with E-state index in [2.05, 4.69) is 31.3 Å². The van der Waals surface area contributed by atoms with Crippen LogP contribution in [-0.2, 0) is 4.79 Å². The van der Waals surface area contributed by atoms with Crippen LogP contribution >= 0.6 is 0 Å². The van der Waals surface area contributed by atoms with Gasteiger partial charge in [-0.15, -0.1) is 0 Å². The quantitative estimate of drug-likeness (QED) is 0.793. The highest BCUT2D eigenvalue weighted by atomic mass is 16.2. The number of nitrogens with two attached hydrogens (primary N) is 1. The molecule has 3 N–H and O–H groups in total. The second-order valence-electron chi connectivity index (χ2n) is 5.30. The van der Waals surface area contributed by atoms with Gasteiger partial charge in [0.05, 0.1) is 6.04 Å². The second-order valence-corrected chi connectivity index (χ2v) is 5.30. The number of carbonyl (C=O) groups excluding carboxylic acids is 1. The summed E-state index contributed by atoms with van der Waals surface area (Å²) >= 11 is 0. The Morgan fingerprint density at radius 1 is 1.26 bits per heavy atom. The molecule has 0 fully saturated rings. The molecule has 0 spiro atoms. The Morgan fingerprint density at radius 2 is 1.89 bits per heavy atom. The van der Waals surface area contributed by atoms with Gasteiger partial charge in [-0.05, 0) is 23.8 Å². The third kappa shape index (κ3) is 5.03. The Balaban J connectivity index is 2.32. The van der Waals surface area contributed by atoms with Crippen molar-refractivity contribution in [1.29, 1.82) is 0 Å². The van der Waals surface area contributed by atoms with Gasteiger partial charge in [-0.3, -0.25) is 4.79 Å². The Kier molecular flexibility index (Phi) is 6.57. The van der Waals surface area contributed by atoms with E-state index in [0.717, 1.165) is 12.8 Å². The summed E-state index contributed by atoms with van der Waals surface area (Å²) in [6, 6.07) is 9.96. The largest absolute Gasteiger partial charge is 0.355 e. The van der Waals surface area contributed by atoms with Crippen molar-refractivity contribution in [3.8, 4) is 0 Å². The van der Waals surface area contributed by atoms with E-state index in [1.165, 1.54) is 5.56 Å². The normalized spacial score (nSPS) is 15.6. The number of benzene rings is 1. The molecule has 0 aliphatic heterocycles. The predicted molar refractivity (Wildman–Crippen MR) is 79.9 cm³/mol. The monoisotopic (exact) mass is 262 g/mol. The van der Waals surface area contributed by atoms with E-state index in [0.29, 0.717) is 12.5 Å². The van der Waals surface area contributed by atoms with E-state index in [1.807, 2.05) is 25.1 Å². The van der Waals surface area contributed by atoms with Gasteiger partial charge in [0.15, 0.2) is 0 Å². The van der Waals surface area contributed by atoms with Crippen LogP contribution in [0.15, 0.2) is 30.3 Å². The first-order valence-electron chi connectivity index (χ1n) is 7.14. The Bertz CT molecular complexity index is 378. The van der Waals surface area contributed by atoms with Crippen molar-refractivity contribution in [3.05, 3.63) is 35.9 Å². The molecule has 1 amide bonds. The maximum atomic E-state index is 11.8. The van der Waals surface area contributed by atoms with Crippen molar-refractivity contribution < 1.29 is 4.79 Å². The van der Waals surface area contributed by atoms with Gasteiger partial charge in [0, 0.05) is 6.54 Å². The zero-order valence-corrected chi connectivity index (χ0v) is 12.2. The van der Waals surface area contributed by atoms with E-state index in [4.69, 9.17) is 5.73 Å². The lowest BCUT2D eigenvalue weighted by atomic mass is 9.97.